The first-order valence-corrected chi connectivity index (χ1v) is 7.87. The number of carbonyl (C=O) groups is 3. The molecule has 2 aromatic carbocycles. The van der Waals surface area contributed by atoms with Gasteiger partial charge in [0.05, 0.1) is 11.1 Å². The Morgan fingerprint density at radius 2 is 1.56 bits per heavy atom. The number of nitrogens with one attached hydrogen (secondary N) is 1. The molecule has 0 bridgehead atoms. The Morgan fingerprint density at radius 1 is 1.00 bits per heavy atom. The van der Waals surface area contributed by atoms with Gasteiger partial charge < -0.3 is 15.2 Å². The van der Waals surface area contributed by atoms with E-state index in [2.05, 4.69) is 5.32 Å². The van der Waals surface area contributed by atoms with Crippen molar-refractivity contribution < 1.29 is 24.2 Å². The van der Waals surface area contributed by atoms with Crippen LogP contribution in [0, 0.1) is 5.92 Å². The lowest BCUT2D eigenvalue weighted by atomic mass is 10.1. The van der Waals surface area contributed by atoms with Gasteiger partial charge in [0.15, 0.2) is 0 Å². The number of anilines is 1. The van der Waals surface area contributed by atoms with Gasteiger partial charge in [-0.15, -0.1) is 0 Å². The van der Waals surface area contributed by atoms with Crippen molar-refractivity contribution in [2.45, 2.75) is 20.3 Å². The van der Waals surface area contributed by atoms with Crippen LogP contribution in [-0.4, -0.2) is 23.0 Å². The maximum atomic E-state index is 12.1. The van der Waals surface area contributed by atoms with Crippen LogP contribution < -0.4 is 10.1 Å². The first kappa shape index (κ1) is 18.2. The number of amides is 1. The number of carboxylic acids is 1. The highest BCUT2D eigenvalue weighted by Crippen LogP contribution is 2.16. The molecule has 6 heteroatoms. The van der Waals surface area contributed by atoms with Crippen LogP contribution in [0.25, 0.3) is 0 Å². The molecule has 0 fully saturated rings. The highest BCUT2D eigenvalue weighted by Gasteiger charge is 2.12. The molecule has 2 aromatic rings. The van der Waals surface area contributed by atoms with Crippen LogP contribution in [0.2, 0.25) is 0 Å². The number of ether oxygens (including phenoxy) is 1. The topological polar surface area (TPSA) is 92.7 Å². The van der Waals surface area contributed by atoms with Crippen molar-refractivity contribution in [1.29, 1.82) is 0 Å². The maximum absolute atomic E-state index is 12.1. The largest absolute Gasteiger partial charge is 0.478 e. The van der Waals surface area contributed by atoms with Crippen LogP contribution in [0.15, 0.2) is 48.5 Å². The van der Waals surface area contributed by atoms with E-state index < -0.39 is 11.9 Å². The highest BCUT2D eigenvalue weighted by molar-refractivity contribution is 5.94. The Hall–Kier alpha value is -3.15. The van der Waals surface area contributed by atoms with Crippen molar-refractivity contribution >= 4 is 23.5 Å². The van der Waals surface area contributed by atoms with Crippen LogP contribution >= 0.6 is 0 Å². The smallest absolute Gasteiger partial charge is 0.343 e. The molecule has 25 heavy (non-hydrogen) atoms. The van der Waals surface area contributed by atoms with Gasteiger partial charge in [0, 0.05) is 11.6 Å². The molecule has 0 heterocycles. The molecule has 130 valence electrons. The van der Waals surface area contributed by atoms with E-state index in [0.717, 1.165) is 6.42 Å². The zero-order chi connectivity index (χ0) is 18.4. The molecule has 0 saturated heterocycles. The Morgan fingerprint density at radius 3 is 2.08 bits per heavy atom. The SMILES string of the molecule is CCC(C)C(=O)Nc1ccc(C(=O)Oc2ccc(C(=O)O)cc2)cc1. The third kappa shape index (κ3) is 4.91. The Kier molecular flexibility index (Phi) is 5.89. The van der Waals surface area contributed by atoms with Crippen molar-refractivity contribution in [2.24, 2.45) is 5.92 Å². The van der Waals surface area contributed by atoms with Crippen LogP contribution in [0.1, 0.15) is 41.0 Å². The predicted octanol–water partition coefficient (Wildman–Crippen LogP) is 3.59. The summed E-state index contributed by atoms with van der Waals surface area (Å²) < 4.78 is 5.19. The van der Waals surface area contributed by atoms with Crippen LogP contribution in [0.5, 0.6) is 5.75 Å². The summed E-state index contributed by atoms with van der Waals surface area (Å²) in [6.07, 6.45) is 0.747. The molecule has 0 saturated carbocycles. The minimum atomic E-state index is -1.05. The molecule has 0 aliphatic rings. The molecule has 0 aromatic heterocycles. The maximum Gasteiger partial charge on any atom is 0.343 e. The van der Waals surface area contributed by atoms with E-state index in [0.29, 0.717) is 11.3 Å². The normalized spacial score (nSPS) is 11.4. The Balaban J connectivity index is 2.00. The van der Waals surface area contributed by atoms with Crippen LogP contribution in [0.3, 0.4) is 0 Å². The highest BCUT2D eigenvalue weighted by atomic mass is 16.5. The monoisotopic (exact) mass is 341 g/mol. The van der Waals surface area contributed by atoms with Crippen LogP contribution in [0.4, 0.5) is 5.69 Å². The molecule has 1 atom stereocenters. The summed E-state index contributed by atoms with van der Waals surface area (Å²) in [5.74, 6) is -1.52. The molecular formula is C19H19NO5. The number of carbonyl (C=O) groups excluding carboxylic acids is 2. The Bertz CT molecular complexity index is 765. The number of hydrogen-bond donors (Lipinski definition) is 2. The molecule has 2 rings (SSSR count). The summed E-state index contributed by atoms with van der Waals surface area (Å²) in [5, 5.41) is 11.6. The third-order valence-electron chi connectivity index (χ3n) is 3.76. The zero-order valence-corrected chi connectivity index (χ0v) is 14.0. The second-order valence-corrected chi connectivity index (χ2v) is 5.59. The van der Waals surface area contributed by atoms with E-state index in [4.69, 9.17) is 9.84 Å². The molecule has 6 nitrogen and oxygen atoms in total. The lowest BCUT2D eigenvalue weighted by Crippen LogP contribution is -2.19. The second-order valence-electron chi connectivity index (χ2n) is 5.59. The van der Waals surface area contributed by atoms with Gasteiger partial charge >= 0.3 is 11.9 Å². The average molecular weight is 341 g/mol. The fraction of sp³-hybridized carbons (Fsp3) is 0.211. The molecule has 1 amide bonds. The van der Waals surface area contributed by atoms with Gasteiger partial charge in [0.25, 0.3) is 0 Å². The van der Waals surface area contributed by atoms with Crippen molar-refractivity contribution in [3.8, 4) is 5.75 Å². The Labute approximate surface area is 145 Å². The van der Waals surface area contributed by atoms with Crippen molar-refractivity contribution in [2.75, 3.05) is 5.32 Å². The van der Waals surface area contributed by atoms with E-state index in [1.807, 2.05) is 13.8 Å². The molecule has 1 unspecified atom stereocenters. The van der Waals surface area contributed by atoms with E-state index >= 15 is 0 Å². The van der Waals surface area contributed by atoms with Crippen molar-refractivity contribution in [3.05, 3.63) is 59.7 Å². The molecule has 2 N–H and O–H groups in total. The number of esters is 1. The number of hydrogen-bond acceptors (Lipinski definition) is 4. The minimum absolute atomic E-state index is 0.0728. The lowest BCUT2D eigenvalue weighted by Gasteiger charge is -2.10. The van der Waals surface area contributed by atoms with Gasteiger partial charge in [0.1, 0.15) is 5.75 Å². The molecule has 0 radical (unpaired) electrons. The van der Waals surface area contributed by atoms with Gasteiger partial charge in [-0.2, -0.15) is 0 Å². The zero-order valence-electron chi connectivity index (χ0n) is 14.0. The van der Waals surface area contributed by atoms with Crippen molar-refractivity contribution in [3.63, 3.8) is 0 Å². The number of carboxylic acid groups (broad SMARTS) is 1. The number of benzene rings is 2. The standard InChI is InChI=1S/C19H19NO5/c1-3-12(2)17(21)20-15-8-4-14(5-9-15)19(24)25-16-10-6-13(7-11-16)18(22)23/h4-12H,3H2,1-2H3,(H,20,21)(H,22,23). The van der Waals surface area contributed by atoms with Gasteiger partial charge in [-0.25, -0.2) is 9.59 Å². The molecule has 0 spiro atoms. The summed E-state index contributed by atoms with van der Waals surface area (Å²) in [7, 11) is 0. The summed E-state index contributed by atoms with van der Waals surface area (Å²) in [6.45, 7) is 3.78. The number of aromatic carboxylic acids is 1. The molecule has 0 aliphatic heterocycles. The molecular weight excluding hydrogens is 322 g/mol. The minimum Gasteiger partial charge on any atom is -0.478 e. The summed E-state index contributed by atoms with van der Waals surface area (Å²) in [6, 6.07) is 11.9. The van der Waals surface area contributed by atoms with E-state index in [-0.39, 0.29) is 23.1 Å². The third-order valence-corrected chi connectivity index (χ3v) is 3.76. The summed E-state index contributed by atoms with van der Waals surface area (Å²) in [5.41, 5.74) is 1.04. The first-order valence-electron chi connectivity index (χ1n) is 7.87. The first-order chi connectivity index (χ1) is 11.9. The number of rotatable bonds is 6. The predicted molar refractivity (Wildman–Crippen MR) is 92.9 cm³/mol. The second kappa shape index (κ2) is 8.10. The van der Waals surface area contributed by atoms with Crippen molar-refractivity contribution in [1.82, 2.24) is 0 Å². The summed E-state index contributed by atoms with van der Waals surface area (Å²) in [4.78, 5) is 34.7. The lowest BCUT2D eigenvalue weighted by molar-refractivity contribution is -0.119. The quantitative estimate of drug-likeness (QED) is 0.619. The van der Waals surface area contributed by atoms with Gasteiger partial charge in [0.2, 0.25) is 5.91 Å². The fourth-order valence-electron chi connectivity index (χ4n) is 1.97. The van der Waals surface area contributed by atoms with E-state index in [9.17, 15) is 14.4 Å². The van der Waals surface area contributed by atoms with Gasteiger partial charge in [-0.1, -0.05) is 13.8 Å². The van der Waals surface area contributed by atoms with E-state index in [1.165, 1.54) is 24.3 Å². The van der Waals surface area contributed by atoms with Gasteiger partial charge in [-0.3, -0.25) is 4.79 Å². The van der Waals surface area contributed by atoms with Gasteiger partial charge in [-0.05, 0) is 55.0 Å². The summed E-state index contributed by atoms with van der Waals surface area (Å²) >= 11 is 0. The van der Waals surface area contributed by atoms with Crippen LogP contribution in [-0.2, 0) is 4.79 Å². The van der Waals surface area contributed by atoms with E-state index in [1.54, 1.807) is 24.3 Å². The fourth-order valence-corrected chi connectivity index (χ4v) is 1.97. The molecule has 0 aliphatic carbocycles. The average Bonchev–Trinajstić information content (AvgIpc) is 2.61.